The quantitative estimate of drug-likeness (QED) is 0.604. The zero-order valence-corrected chi connectivity index (χ0v) is 13.8. The lowest BCUT2D eigenvalue weighted by molar-refractivity contribution is -0.121. The van der Waals surface area contributed by atoms with E-state index in [1.165, 1.54) is 0 Å². The summed E-state index contributed by atoms with van der Waals surface area (Å²) in [5, 5.41) is 3.47. The van der Waals surface area contributed by atoms with Crippen molar-refractivity contribution in [2.75, 3.05) is 5.32 Å². The van der Waals surface area contributed by atoms with Crippen LogP contribution in [0.25, 0.3) is 0 Å². The Hall–Kier alpha value is -0.400. The summed E-state index contributed by atoms with van der Waals surface area (Å²) in [5.41, 5.74) is 5.52. The molecule has 0 fully saturated rings. The van der Waals surface area contributed by atoms with Crippen molar-refractivity contribution in [3.63, 3.8) is 0 Å². The minimum Gasteiger partial charge on any atom is -0.392 e. The molecule has 0 aromatic heterocycles. The Balaban J connectivity index is 2.97. The van der Waals surface area contributed by atoms with Gasteiger partial charge >= 0.3 is 0 Å². The second kappa shape index (κ2) is 6.16. The second-order valence-corrected chi connectivity index (χ2v) is 6.17. The molecule has 1 unspecified atom stereocenters. The van der Waals surface area contributed by atoms with Crippen molar-refractivity contribution in [2.24, 2.45) is 11.1 Å². The largest absolute Gasteiger partial charge is 0.392 e. The van der Waals surface area contributed by atoms with E-state index in [0.717, 1.165) is 3.57 Å². The molecular formula is C12H14ClIN2OS. The molecule has 1 aromatic carbocycles. The van der Waals surface area contributed by atoms with Crippen molar-refractivity contribution in [1.82, 2.24) is 0 Å². The number of halogens is 2. The molecule has 0 heterocycles. The molecule has 0 aliphatic rings. The number of amides is 1. The molecule has 0 aliphatic carbocycles. The molecule has 3 nitrogen and oxygen atoms in total. The molecule has 1 amide bonds. The van der Waals surface area contributed by atoms with Crippen LogP contribution in [0, 0.1) is 8.99 Å². The lowest BCUT2D eigenvalue weighted by Crippen LogP contribution is -2.43. The van der Waals surface area contributed by atoms with Gasteiger partial charge in [0.1, 0.15) is 0 Å². The first-order valence-electron chi connectivity index (χ1n) is 5.37. The topological polar surface area (TPSA) is 55.1 Å². The smallest absolute Gasteiger partial charge is 0.237 e. The Morgan fingerprint density at radius 3 is 2.67 bits per heavy atom. The van der Waals surface area contributed by atoms with Gasteiger partial charge in [-0.3, -0.25) is 4.79 Å². The lowest BCUT2D eigenvalue weighted by Gasteiger charge is -2.25. The number of nitrogens with two attached hydrogens (primary N) is 1. The van der Waals surface area contributed by atoms with Crippen LogP contribution < -0.4 is 11.1 Å². The second-order valence-electron chi connectivity index (χ2n) is 4.13. The van der Waals surface area contributed by atoms with Crippen molar-refractivity contribution in [3.05, 3.63) is 26.8 Å². The van der Waals surface area contributed by atoms with Crippen LogP contribution in [0.4, 0.5) is 5.69 Å². The van der Waals surface area contributed by atoms with E-state index >= 15 is 0 Å². The van der Waals surface area contributed by atoms with Gasteiger partial charge in [0.2, 0.25) is 5.91 Å². The first-order chi connectivity index (χ1) is 8.31. The van der Waals surface area contributed by atoms with E-state index in [2.05, 4.69) is 27.9 Å². The van der Waals surface area contributed by atoms with E-state index in [1.807, 2.05) is 6.92 Å². The Kier molecular flexibility index (Phi) is 5.36. The normalized spacial score (nSPS) is 13.8. The summed E-state index contributed by atoms with van der Waals surface area (Å²) in [6.45, 7) is 3.62. The van der Waals surface area contributed by atoms with Crippen LogP contribution in [0.2, 0.25) is 5.02 Å². The molecule has 1 atom stereocenters. The number of hydrogen-bond acceptors (Lipinski definition) is 2. The average Bonchev–Trinajstić information content (AvgIpc) is 2.31. The zero-order chi connectivity index (χ0) is 13.9. The fourth-order valence-electron chi connectivity index (χ4n) is 1.30. The molecule has 0 radical (unpaired) electrons. The van der Waals surface area contributed by atoms with Gasteiger partial charge in [-0.25, -0.2) is 0 Å². The third-order valence-corrected chi connectivity index (χ3v) is 4.51. The Morgan fingerprint density at radius 1 is 1.61 bits per heavy atom. The van der Waals surface area contributed by atoms with E-state index < -0.39 is 5.41 Å². The highest BCUT2D eigenvalue weighted by Gasteiger charge is 2.34. The van der Waals surface area contributed by atoms with Gasteiger partial charge in [-0.15, -0.1) is 0 Å². The fourth-order valence-corrected chi connectivity index (χ4v) is 2.54. The van der Waals surface area contributed by atoms with Crippen LogP contribution in [-0.4, -0.2) is 10.9 Å². The maximum atomic E-state index is 12.2. The van der Waals surface area contributed by atoms with E-state index in [0.29, 0.717) is 17.1 Å². The average molecular weight is 397 g/mol. The van der Waals surface area contributed by atoms with Crippen molar-refractivity contribution in [1.29, 1.82) is 0 Å². The van der Waals surface area contributed by atoms with Gasteiger partial charge in [0.25, 0.3) is 0 Å². The summed E-state index contributed by atoms with van der Waals surface area (Å²) in [5.74, 6) is -0.197. The molecule has 1 aromatic rings. The maximum Gasteiger partial charge on any atom is 0.237 e. The van der Waals surface area contributed by atoms with Gasteiger partial charge in [-0.05, 0) is 54.1 Å². The summed E-state index contributed by atoms with van der Waals surface area (Å²) in [7, 11) is 0. The van der Waals surface area contributed by atoms with Gasteiger partial charge in [0.15, 0.2) is 0 Å². The molecule has 0 saturated heterocycles. The van der Waals surface area contributed by atoms with Crippen molar-refractivity contribution >= 4 is 63.0 Å². The minimum atomic E-state index is -0.835. The molecule has 0 saturated carbocycles. The van der Waals surface area contributed by atoms with Crippen molar-refractivity contribution in [3.8, 4) is 0 Å². The zero-order valence-electron chi connectivity index (χ0n) is 10.1. The van der Waals surface area contributed by atoms with E-state index in [9.17, 15) is 4.79 Å². The van der Waals surface area contributed by atoms with E-state index in [1.54, 1.807) is 25.1 Å². The summed E-state index contributed by atoms with van der Waals surface area (Å²) in [4.78, 5) is 12.4. The summed E-state index contributed by atoms with van der Waals surface area (Å²) >= 11 is 12.9. The Bertz CT molecular complexity index is 495. The molecule has 0 spiro atoms. The summed E-state index contributed by atoms with van der Waals surface area (Å²) in [6.07, 6.45) is 0.554. The van der Waals surface area contributed by atoms with Crippen LogP contribution >= 0.6 is 46.4 Å². The van der Waals surface area contributed by atoms with E-state index in [-0.39, 0.29) is 10.9 Å². The van der Waals surface area contributed by atoms with Crippen molar-refractivity contribution < 1.29 is 4.79 Å². The van der Waals surface area contributed by atoms with Crippen molar-refractivity contribution in [2.45, 2.75) is 20.3 Å². The molecule has 18 heavy (non-hydrogen) atoms. The number of carbonyl (C=O) groups excluding carboxylic acids is 1. The fraction of sp³-hybridized carbons (Fsp3) is 0.333. The Morgan fingerprint density at radius 2 is 2.22 bits per heavy atom. The number of rotatable bonds is 4. The first-order valence-corrected chi connectivity index (χ1v) is 7.24. The molecule has 0 bridgehead atoms. The highest BCUT2D eigenvalue weighted by molar-refractivity contribution is 14.1. The number of nitrogens with one attached hydrogen (secondary N) is 1. The monoisotopic (exact) mass is 396 g/mol. The van der Waals surface area contributed by atoms with Crippen LogP contribution in [-0.2, 0) is 4.79 Å². The third-order valence-electron chi connectivity index (χ3n) is 2.93. The van der Waals surface area contributed by atoms with Crippen LogP contribution in [0.1, 0.15) is 20.3 Å². The minimum absolute atomic E-state index is 0.197. The van der Waals surface area contributed by atoms with Crippen LogP contribution in [0.15, 0.2) is 18.2 Å². The highest BCUT2D eigenvalue weighted by Crippen LogP contribution is 2.27. The maximum absolute atomic E-state index is 12.2. The molecule has 3 N–H and O–H groups in total. The summed E-state index contributed by atoms with van der Waals surface area (Å²) < 4.78 is 0.870. The van der Waals surface area contributed by atoms with Gasteiger partial charge < -0.3 is 11.1 Å². The third kappa shape index (κ3) is 3.33. The highest BCUT2D eigenvalue weighted by atomic mass is 127. The van der Waals surface area contributed by atoms with Gasteiger partial charge in [0, 0.05) is 8.59 Å². The number of thiocarbonyl (C=S) groups is 1. The van der Waals surface area contributed by atoms with Crippen LogP contribution in [0.5, 0.6) is 0 Å². The molecule has 0 aliphatic heterocycles. The molecule has 6 heteroatoms. The summed E-state index contributed by atoms with van der Waals surface area (Å²) in [6, 6.07) is 5.27. The lowest BCUT2D eigenvalue weighted by atomic mass is 9.86. The van der Waals surface area contributed by atoms with E-state index in [4.69, 9.17) is 29.6 Å². The molecular weight excluding hydrogens is 383 g/mol. The molecule has 98 valence electrons. The van der Waals surface area contributed by atoms with Gasteiger partial charge in [0.05, 0.1) is 16.1 Å². The number of hydrogen-bond donors (Lipinski definition) is 2. The Labute approximate surface area is 131 Å². The predicted octanol–water partition coefficient (Wildman–Crippen LogP) is 3.59. The number of anilines is 1. The number of carbonyl (C=O) groups is 1. The predicted molar refractivity (Wildman–Crippen MR) is 88.0 cm³/mol. The van der Waals surface area contributed by atoms with Gasteiger partial charge in [-0.2, -0.15) is 0 Å². The number of benzene rings is 1. The molecule has 1 rings (SSSR count). The standard InChI is InChI=1S/C12H14ClIN2OS/c1-3-12(2,10(15)18)11(17)16-9-5-4-7(13)6-8(9)14/h4-6H,3H2,1-2H3,(H2,15,18)(H,16,17). The van der Waals surface area contributed by atoms with Gasteiger partial charge in [-0.1, -0.05) is 30.7 Å². The SMILES string of the molecule is CCC(C)(C(=O)Nc1ccc(Cl)cc1I)C(N)=S. The first kappa shape index (κ1) is 15.7. The van der Waals surface area contributed by atoms with Crippen LogP contribution in [0.3, 0.4) is 0 Å².